The molecule has 88 valence electrons. The lowest BCUT2D eigenvalue weighted by molar-refractivity contribution is 0.573. The number of anilines is 1. The highest BCUT2D eigenvalue weighted by molar-refractivity contribution is 9.10. The number of nitrogens with two attached hydrogens (primary N) is 1. The van der Waals surface area contributed by atoms with Gasteiger partial charge in [-0.1, -0.05) is 15.9 Å². The molecule has 0 radical (unpaired) electrons. The molecular weight excluding hydrogens is 292 g/mol. The van der Waals surface area contributed by atoms with Crippen LogP contribution in [0.5, 0.6) is 0 Å². The van der Waals surface area contributed by atoms with Gasteiger partial charge in [-0.25, -0.2) is 8.42 Å². The van der Waals surface area contributed by atoms with E-state index in [1.807, 2.05) is 18.0 Å². The van der Waals surface area contributed by atoms with Crippen molar-refractivity contribution in [3.8, 4) is 0 Å². The Morgan fingerprint density at radius 2 is 2.25 bits per heavy atom. The first-order chi connectivity index (χ1) is 7.45. The van der Waals surface area contributed by atoms with Gasteiger partial charge in [-0.2, -0.15) is 0 Å². The average Bonchev–Trinajstić information content (AvgIpc) is 2.23. The van der Waals surface area contributed by atoms with Gasteiger partial charge in [0.1, 0.15) is 0 Å². The summed E-state index contributed by atoms with van der Waals surface area (Å²) in [4.78, 5) is 2.32. The van der Waals surface area contributed by atoms with Crippen LogP contribution in [-0.4, -0.2) is 33.8 Å². The molecule has 0 saturated heterocycles. The summed E-state index contributed by atoms with van der Waals surface area (Å²) in [6, 6.07) is 5.15. The minimum atomic E-state index is -3.21. The van der Waals surface area contributed by atoms with Crippen molar-refractivity contribution in [1.29, 1.82) is 0 Å². The van der Waals surface area contributed by atoms with E-state index in [2.05, 4.69) is 15.9 Å². The molecule has 2 rings (SSSR count). The number of fused-ring (bicyclic) bond motifs is 1. The summed E-state index contributed by atoms with van der Waals surface area (Å²) in [5.41, 5.74) is 6.31. The Labute approximate surface area is 103 Å². The van der Waals surface area contributed by atoms with Crippen LogP contribution in [0.25, 0.3) is 0 Å². The van der Waals surface area contributed by atoms with Crippen LogP contribution in [0.15, 0.2) is 27.6 Å². The SMILES string of the molecule is CN1c2ccc(Br)cc2S(=O)(=O)CC1CN. The van der Waals surface area contributed by atoms with Crippen molar-refractivity contribution in [2.45, 2.75) is 10.9 Å². The minimum absolute atomic E-state index is 0.0868. The normalized spacial score (nSPS) is 22.9. The second-order valence-electron chi connectivity index (χ2n) is 3.89. The van der Waals surface area contributed by atoms with Gasteiger partial charge >= 0.3 is 0 Å². The first-order valence-electron chi connectivity index (χ1n) is 4.91. The van der Waals surface area contributed by atoms with Gasteiger partial charge in [0.2, 0.25) is 0 Å². The van der Waals surface area contributed by atoms with Crippen LogP contribution < -0.4 is 10.6 Å². The molecule has 0 bridgehead atoms. The third kappa shape index (κ3) is 1.85. The van der Waals surface area contributed by atoms with Crippen molar-refractivity contribution in [1.82, 2.24) is 0 Å². The van der Waals surface area contributed by atoms with Gasteiger partial charge in [-0.15, -0.1) is 0 Å². The van der Waals surface area contributed by atoms with Gasteiger partial charge in [-0.3, -0.25) is 0 Å². The van der Waals surface area contributed by atoms with Gasteiger partial charge in [0, 0.05) is 18.1 Å². The molecule has 1 unspecified atom stereocenters. The van der Waals surface area contributed by atoms with E-state index in [1.165, 1.54) is 0 Å². The van der Waals surface area contributed by atoms with Crippen LogP contribution in [-0.2, 0) is 9.84 Å². The van der Waals surface area contributed by atoms with E-state index in [0.29, 0.717) is 11.4 Å². The molecule has 16 heavy (non-hydrogen) atoms. The predicted molar refractivity (Wildman–Crippen MR) is 67.4 cm³/mol. The fourth-order valence-electron chi connectivity index (χ4n) is 1.91. The van der Waals surface area contributed by atoms with Crippen molar-refractivity contribution in [2.24, 2.45) is 5.73 Å². The van der Waals surface area contributed by atoms with Crippen LogP contribution in [0.1, 0.15) is 0 Å². The largest absolute Gasteiger partial charge is 0.368 e. The molecule has 4 nitrogen and oxygen atoms in total. The van der Waals surface area contributed by atoms with Gasteiger partial charge < -0.3 is 10.6 Å². The molecule has 0 fully saturated rings. The molecule has 6 heteroatoms. The van der Waals surface area contributed by atoms with Gasteiger partial charge in [-0.05, 0) is 18.2 Å². The molecule has 1 atom stereocenters. The maximum atomic E-state index is 12.0. The van der Waals surface area contributed by atoms with Crippen LogP contribution in [0.4, 0.5) is 5.69 Å². The number of halogens is 1. The maximum Gasteiger partial charge on any atom is 0.182 e. The van der Waals surface area contributed by atoms with Gasteiger partial charge in [0.25, 0.3) is 0 Å². The zero-order valence-corrected chi connectivity index (χ0v) is 11.3. The number of hydrogen-bond donors (Lipinski definition) is 1. The van der Waals surface area contributed by atoms with Crippen molar-refractivity contribution in [2.75, 3.05) is 24.2 Å². The van der Waals surface area contributed by atoms with Gasteiger partial charge in [0.15, 0.2) is 9.84 Å². The van der Waals surface area contributed by atoms with E-state index in [0.717, 1.165) is 10.2 Å². The third-order valence-electron chi connectivity index (χ3n) is 2.87. The van der Waals surface area contributed by atoms with E-state index >= 15 is 0 Å². The average molecular weight is 305 g/mol. The molecule has 1 aliphatic rings. The number of likely N-dealkylation sites (N-methyl/N-ethyl adjacent to an activating group) is 1. The Balaban J connectivity index is 2.63. The molecule has 1 aliphatic heterocycles. The third-order valence-corrected chi connectivity index (χ3v) is 5.18. The molecule has 1 heterocycles. The molecule has 2 N–H and O–H groups in total. The summed E-state index contributed by atoms with van der Waals surface area (Å²) in [6.45, 7) is 0.339. The smallest absolute Gasteiger partial charge is 0.182 e. The number of hydrogen-bond acceptors (Lipinski definition) is 4. The highest BCUT2D eigenvalue weighted by atomic mass is 79.9. The van der Waals surface area contributed by atoms with E-state index < -0.39 is 9.84 Å². The maximum absolute atomic E-state index is 12.0. The summed E-state index contributed by atoms with van der Waals surface area (Å²) in [5, 5.41) is 0. The zero-order chi connectivity index (χ0) is 11.9. The standard InChI is InChI=1S/C10H13BrN2O2S/c1-13-8(5-12)6-16(14,15)10-4-7(11)2-3-9(10)13/h2-4,8H,5-6,12H2,1H3. The van der Waals surface area contributed by atoms with Crippen LogP contribution in [0.2, 0.25) is 0 Å². The van der Waals surface area contributed by atoms with Crippen LogP contribution >= 0.6 is 15.9 Å². The lowest BCUT2D eigenvalue weighted by Gasteiger charge is -2.34. The van der Waals surface area contributed by atoms with Crippen molar-refractivity contribution < 1.29 is 8.42 Å². The second-order valence-corrected chi connectivity index (χ2v) is 6.81. The Morgan fingerprint density at radius 1 is 1.56 bits per heavy atom. The molecule has 0 aliphatic carbocycles. The lowest BCUT2D eigenvalue weighted by atomic mass is 10.2. The summed E-state index contributed by atoms with van der Waals surface area (Å²) in [6.07, 6.45) is 0. The minimum Gasteiger partial charge on any atom is -0.368 e. The number of rotatable bonds is 1. The summed E-state index contributed by atoms with van der Waals surface area (Å²) >= 11 is 3.29. The molecule has 0 spiro atoms. The highest BCUT2D eigenvalue weighted by Crippen LogP contribution is 2.34. The molecular formula is C10H13BrN2O2S. The van der Waals surface area contributed by atoms with Crippen LogP contribution in [0, 0.1) is 0 Å². The molecule has 1 aromatic rings. The van der Waals surface area contributed by atoms with Crippen LogP contribution in [0.3, 0.4) is 0 Å². The zero-order valence-electron chi connectivity index (χ0n) is 8.85. The van der Waals surface area contributed by atoms with E-state index in [9.17, 15) is 8.42 Å². The monoisotopic (exact) mass is 304 g/mol. The molecule has 1 aromatic carbocycles. The summed E-state index contributed by atoms with van der Waals surface area (Å²) < 4.78 is 24.8. The van der Waals surface area contributed by atoms with Crippen molar-refractivity contribution in [3.05, 3.63) is 22.7 Å². The van der Waals surface area contributed by atoms with Gasteiger partial charge in [0.05, 0.1) is 22.4 Å². The second kappa shape index (κ2) is 4.01. The molecule has 0 saturated carbocycles. The topological polar surface area (TPSA) is 63.4 Å². The summed E-state index contributed by atoms with van der Waals surface area (Å²) in [5.74, 6) is 0.0868. The molecule has 0 amide bonds. The van der Waals surface area contributed by atoms with Crippen molar-refractivity contribution in [3.63, 3.8) is 0 Å². The summed E-state index contributed by atoms with van der Waals surface area (Å²) in [7, 11) is -1.34. The van der Waals surface area contributed by atoms with E-state index in [-0.39, 0.29) is 11.8 Å². The fraction of sp³-hybridized carbons (Fsp3) is 0.400. The fourth-order valence-corrected chi connectivity index (χ4v) is 4.30. The highest BCUT2D eigenvalue weighted by Gasteiger charge is 2.33. The van der Waals surface area contributed by atoms with E-state index in [1.54, 1.807) is 12.1 Å². The predicted octanol–water partition coefficient (Wildman–Crippen LogP) is 1.000. The quantitative estimate of drug-likeness (QED) is 0.841. The Hall–Kier alpha value is -0.590. The first-order valence-corrected chi connectivity index (χ1v) is 7.35. The van der Waals surface area contributed by atoms with Crippen molar-refractivity contribution >= 4 is 31.5 Å². The Bertz CT molecular complexity index is 516. The number of benzene rings is 1. The lowest BCUT2D eigenvalue weighted by Crippen LogP contribution is -2.46. The number of sulfone groups is 1. The first kappa shape index (κ1) is 11.9. The Kier molecular flexibility index (Phi) is 2.98. The number of nitrogens with zero attached hydrogens (tertiary/aromatic N) is 1. The van der Waals surface area contributed by atoms with E-state index in [4.69, 9.17) is 5.73 Å². The molecule has 0 aromatic heterocycles. The Morgan fingerprint density at radius 3 is 2.88 bits per heavy atom.